The third-order valence-electron chi connectivity index (χ3n) is 10.4. The van der Waals surface area contributed by atoms with Gasteiger partial charge in [-0.3, -0.25) is 14.4 Å². The van der Waals surface area contributed by atoms with Gasteiger partial charge in [-0.15, -0.1) is 0 Å². The maximum atomic E-state index is 13.9. The molecule has 0 amide bonds. The maximum absolute atomic E-state index is 13.9. The molecule has 0 aromatic heterocycles. The molecule has 2 N–H and O–H groups in total. The van der Waals surface area contributed by atoms with Crippen molar-refractivity contribution < 1.29 is 34.1 Å². The van der Waals surface area contributed by atoms with Gasteiger partial charge >= 0.3 is 11.9 Å². The highest BCUT2D eigenvalue weighted by molar-refractivity contribution is 6.10. The predicted molar refractivity (Wildman–Crippen MR) is 120 cm³/mol. The van der Waals surface area contributed by atoms with Gasteiger partial charge in [0.2, 0.25) is 0 Å². The molecule has 7 heteroatoms. The van der Waals surface area contributed by atoms with Gasteiger partial charge in [0.1, 0.15) is 11.5 Å². The quantitative estimate of drug-likeness (QED) is 0.488. The second-order valence-corrected chi connectivity index (χ2v) is 12.2. The Labute approximate surface area is 195 Å². The molecule has 4 aliphatic rings. The SMILES string of the molecule is C=C1[C@@]2(C)C[C@H]3[C@](C)(CCC(=O)OC)[C@@H](C(C)(C)O)CC[C@]3(C)[C@@]13C(=O)O[C@H](C)[C@@]3(O)C2=O. The van der Waals surface area contributed by atoms with E-state index in [2.05, 4.69) is 13.5 Å². The number of ketones is 1. The second kappa shape index (κ2) is 6.69. The van der Waals surface area contributed by atoms with Crippen LogP contribution in [0.5, 0.6) is 0 Å². The number of Topliss-reactive ketones (excluding diaryl/α,β-unsaturated/α-hetero) is 1. The summed E-state index contributed by atoms with van der Waals surface area (Å²) >= 11 is 0. The zero-order valence-corrected chi connectivity index (χ0v) is 20.9. The largest absolute Gasteiger partial charge is 0.469 e. The van der Waals surface area contributed by atoms with Crippen LogP contribution in [0.15, 0.2) is 12.2 Å². The smallest absolute Gasteiger partial charge is 0.320 e. The van der Waals surface area contributed by atoms with E-state index in [1.807, 2.05) is 6.92 Å². The molecule has 33 heavy (non-hydrogen) atoms. The molecule has 1 aliphatic heterocycles. The molecule has 1 spiro atoms. The molecule has 1 heterocycles. The number of ether oxygens (including phenoxy) is 2. The van der Waals surface area contributed by atoms with Crippen LogP contribution in [0, 0.1) is 33.5 Å². The van der Waals surface area contributed by atoms with Crippen LogP contribution < -0.4 is 0 Å². The fourth-order valence-electron chi connectivity index (χ4n) is 8.92. The predicted octanol–water partition coefficient (Wildman–Crippen LogP) is 2.96. The fraction of sp³-hybridized carbons (Fsp3) is 0.808. The Hall–Kier alpha value is -1.73. The molecule has 3 aliphatic carbocycles. The van der Waals surface area contributed by atoms with Gasteiger partial charge in [0.05, 0.1) is 18.1 Å². The lowest BCUT2D eigenvalue weighted by atomic mass is 9.36. The number of fused-ring (bicyclic) bond motifs is 2. The van der Waals surface area contributed by atoms with Crippen molar-refractivity contribution in [2.75, 3.05) is 7.11 Å². The van der Waals surface area contributed by atoms with Crippen LogP contribution >= 0.6 is 0 Å². The van der Waals surface area contributed by atoms with Crippen molar-refractivity contribution in [3.05, 3.63) is 12.2 Å². The topological polar surface area (TPSA) is 110 Å². The molecule has 4 rings (SSSR count). The molecule has 4 fully saturated rings. The minimum absolute atomic E-state index is 0.163. The van der Waals surface area contributed by atoms with E-state index in [4.69, 9.17) is 9.47 Å². The minimum atomic E-state index is -1.98. The van der Waals surface area contributed by atoms with E-state index in [0.29, 0.717) is 31.3 Å². The summed E-state index contributed by atoms with van der Waals surface area (Å²) in [4.78, 5) is 39.7. The van der Waals surface area contributed by atoms with Gasteiger partial charge in [0.15, 0.2) is 11.4 Å². The lowest BCUT2D eigenvalue weighted by molar-refractivity contribution is -0.205. The van der Waals surface area contributed by atoms with Crippen LogP contribution in [-0.4, -0.2) is 52.4 Å². The number of aliphatic hydroxyl groups is 2. The van der Waals surface area contributed by atoms with E-state index < -0.39 is 50.7 Å². The molecule has 0 aromatic rings. The Morgan fingerprint density at radius 3 is 2.42 bits per heavy atom. The van der Waals surface area contributed by atoms with E-state index >= 15 is 0 Å². The number of carbonyl (C=O) groups excluding carboxylic acids is 3. The van der Waals surface area contributed by atoms with Crippen LogP contribution in [0.2, 0.25) is 0 Å². The molecule has 2 bridgehead atoms. The standard InChI is InChI=1S/C26H38O7/c1-14-23(6)13-17-22(5,11-10-18(27)32-8)16(21(3,4)30)9-12-24(17,7)25(14)20(29)33-15(2)26(25,31)19(23)28/h15-17,30-31H,1,9-13H2,2-8H3/t15-,16-,17+,22-,23-,24+,25+,26-/m1/s1. The first-order valence-electron chi connectivity index (χ1n) is 12.0. The van der Waals surface area contributed by atoms with E-state index in [1.54, 1.807) is 27.7 Å². The molecule has 0 aromatic carbocycles. The lowest BCUT2D eigenvalue weighted by Crippen LogP contribution is -2.67. The number of carbonyl (C=O) groups is 3. The Kier molecular flexibility index (Phi) is 4.94. The summed E-state index contributed by atoms with van der Waals surface area (Å²) < 4.78 is 10.5. The van der Waals surface area contributed by atoms with Gasteiger partial charge in [-0.1, -0.05) is 20.4 Å². The zero-order valence-electron chi connectivity index (χ0n) is 20.9. The molecule has 3 saturated carbocycles. The summed E-state index contributed by atoms with van der Waals surface area (Å²) in [6.07, 6.45) is 1.12. The molecule has 0 radical (unpaired) electrons. The number of cyclic esters (lactones) is 1. The summed E-state index contributed by atoms with van der Waals surface area (Å²) in [5.74, 6) is -1.75. The lowest BCUT2D eigenvalue weighted by Gasteiger charge is -2.66. The molecule has 0 unspecified atom stereocenters. The Morgan fingerprint density at radius 1 is 1.27 bits per heavy atom. The normalized spacial score (nSPS) is 48.9. The Balaban J connectivity index is 1.97. The number of rotatable bonds is 4. The van der Waals surface area contributed by atoms with Gasteiger partial charge in [0, 0.05) is 6.42 Å². The van der Waals surface area contributed by atoms with Crippen molar-refractivity contribution in [2.45, 2.75) is 91.0 Å². The van der Waals surface area contributed by atoms with Crippen LogP contribution in [0.4, 0.5) is 0 Å². The second-order valence-electron chi connectivity index (χ2n) is 12.2. The third kappa shape index (κ3) is 2.45. The molecule has 7 nitrogen and oxygen atoms in total. The first-order chi connectivity index (χ1) is 15.0. The fourth-order valence-corrected chi connectivity index (χ4v) is 8.92. The summed E-state index contributed by atoms with van der Waals surface area (Å²) in [6.45, 7) is 15.2. The first-order valence-corrected chi connectivity index (χ1v) is 12.0. The molecule has 184 valence electrons. The number of hydrogen-bond donors (Lipinski definition) is 2. The monoisotopic (exact) mass is 462 g/mol. The average Bonchev–Trinajstić information content (AvgIpc) is 2.97. The van der Waals surface area contributed by atoms with Crippen LogP contribution in [0.1, 0.15) is 73.6 Å². The van der Waals surface area contributed by atoms with Crippen molar-refractivity contribution in [1.29, 1.82) is 0 Å². The van der Waals surface area contributed by atoms with Crippen LogP contribution in [-0.2, 0) is 23.9 Å². The maximum Gasteiger partial charge on any atom is 0.320 e. The number of esters is 2. The van der Waals surface area contributed by atoms with E-state index in [1.165, 1.54) is 7.11 Å². The summed E-state index contributed by atoms with van der Waals surface area (Å²) in [5, 5.41) is 23.2. The van der Waals surface area contributed by atoms with Gasteiger partial charge in [-0.05, 0) is 81.6 Å². The highest BCUT2D eigenvalue weighted by atomic mass is 16.6. The highest BCUT2D eigenvalue weighted by Crippen LogP contribution is 2.80. The molecular formula is C26H38O7. The van der Waals surface area contributed by atoms with Crippen molar-refractivity contribution in [3.8, 4) is 0 Å². The summed E-state index contributed by atoms with van der Waals surface area (Å²) in [6, 6.07) is 0. The molecule has 1 saturated heterocycles. The molecular weight excluding hydrogens is 424 g/mol. The number of methoxy groups -OCH3 is 1. The van der Waals surface area contributed by atoms with E-state index in [-0.39, 0.29) is 24.2 Å². The zero-order chi connectivity index (χ0) is 25.0. The van der Waals surface area contributed by atoms with Crippen molar-refractivity contribution in [1.82, 2.24) is 0 Å². The highest BCUT2D eigenvalue weighted by Gasteiger charge is 2.89. The van der Waals surface area contributed by atoms with Crippen LogP contribution in [0.3, 0.4) is 0 Å². The number of hydrogen-bond acceptors (Lipinski definition) is 7. The minimum Gasteiger partial charge on any atom is -0.469 e. The van der Waals surface area contributed by atoms with Gasteiger partial charge in [0.25, 0.3) is 0 Å². The summed E-state index contributed by atoms with van der Waals surface area (Å²) in [5.41, 5.74) is -6.66. The average molecular weight is 463 g/mol. The van der Waals surface area contributed by atoms with Gasteiger partial charge < -0.3 is 19.7 Å². The van der Waals surface area contributed by atoms with E-state index in [0.717, 1.165) is 0 Å². The molecule has 8 atom stereocenters. The Morgan fingerprint density at radius 2 is 1.88 bits per heavy atom. The van der Waals surface area contributed by atoms with Crippen molar-refractivity contribution in [3.63, 3.8) is 0 Å². The van der Waals surface area contributed by atoms with E-state index in [9.17, 15) is 24.6 Å². The third-order valence-corrected chi connectivity index (χ3v) is 10.4. The van der Waals surface area contributed by atoms with Crippen molar-refractivity contribution in [2.24, 2.45) is 33.5 Å². The first kappa shape index (κ1) is 24.4. The Bertz CT molecular complexity index is 949. The van der Waals surface area contributed by atoms with Gasteiger partial charge in [-0.25, -0.2) is 0 Å². The van der Waals surface area contributed by atoms with Crippen molar-refractivity contribution >= 4 is 17.7 Å². The van der Waals surface area contributed by atoms with Gasteiger partial charge in [-0.2, -0.15) is 0 Å². The summed E-state index contributed by atoms with van der Waals surface area (Å²) in [7, 11) is 1.35. The van der Waals surface area contributed by atoms with Crippen LogP contribution in [0.25, 0.3) is 0 Å².